The quantitative estimate of drug-likeness (QED) is 0.770. The molecular formula is C15H20Cl2N2O4S. The van der Waals surface area contributed by atoms with Crippen LogP contribution in [0.15, 0.2) is 18.2 Å². The van der Waals surface area contributed by atoms with Crippen molar-refractivity contribution in [2.75, 3.05) is 30.3 Å². The molecule has 0 saturated carbocycles. The van der Waals surface area contributed by atoms with E-state index in [2.05, 4.69) is 5.32 Å². The number of nitrogens with zero attached hydrogens (tertiary/aromatic N) is 1. The number of sulfonamides is 1. The van der Waals surface area contributed by atoms with Crippen molar-refractivity contribution in [1.29, 1.82) is 0 Å². The summed E-state index contributed by atoms with van der Waals surface area (Å²) in [5.74, 6) is -0.239. The third-order valence-electron chi connectivity index (χ3n) is 3.67. The molecule has 1 atom stereocenters. The van der Waals surface area contributed by atoms with Crippen LogP contribution in [-0.2, 0) is 19.6 Å². The highest BCUT2D eigenvalue weighted by molar-refractivity contribution is 7.92. The Morgan fingerprint density at radius 2 is 2.17 bits per heavy atom. The van der Waals surface area contributed by atoms with E-state index in [4.69, 9.17) is 27.9 Å². The lowest BCUT2D eigenvalue weighted by Gasteiger charge is -2.23. The summed E-state index contributed by atoms with van der Waals surface area (Å²) in [6.07, 6.45) is 3.04. The Hall–Kier alpha value is -1.02. The smallest absolute Gasteiger partial charge is 0.232 e. The Balaban J connectivity index is 1.99. The van der Waals surface area contributed by atoms with Gasteiger partial charge in [-0.2, -0.15) is 0 Å². The molecule has 6 nitrogen and oxygen atoms in total. The van der Waals surface area contributed by atoms with E-state index in [1.54, 1.807) is 6.07 Å². The third-order valence-corrected chi connectivity index (χ3v) is 5.40. The topological polar surface area (TPSA) is 75.7 Å². The Bertz CT molecular complexity index is 691. The maximum absolute atomic E-state index is 12.0. The Morgan fingerprint density at radius 1 is 1.42 bits per heavy atom. The van der Waals surface area contributed by atoms with Crippen LogP contribution in [0.5, 0.6) is 0 Å². The zero-order valence-corrected chi connectivity index (χ0v) is 15.6. The molecular weight excluding hydrogens is 375 g/mol. The SMILES string of the molecule is CS(=O)(=O)N(CCC(=O)NCC1CCCO1)c1cc(Cl)ccc1Cl. The van der Waals surface area contributed by atoms with E-state index in [1.807, 2.05) is 0 Å². The van der Waals surface area contributed by atoms with Gasteiger partial charge in [-0.05, 0) is 31.0 Å². The Labute approximate surface area is 152 Å². The molecule has 1 saturated heterocycles. The first-order valence-electron chi connectivity index (χ1n) is 7.58. The summed E-state index contributed by atoms with van der Waals surface area (Å²) in [4.78, 5) is 12.0. The van der Waals surface area contributed by atoms with Gasteiger partial charge in [0, 0.05) is 31.1 Å². The van der Waals surface area contributed by atoms with Gasteiger partial charge in [0.15, 0.2) is 0 Å². The molecule has 1 heterocycles. The zero-order valence-electron chi connectivity index (χ0n) is 13.3. The van der Waals surface area contributed by atoms with E-state index >= 15 is 0 Å². The lowest BCUT2D eigenvalue weighted by atomic mass is 10.2. The number of benzene rings is 1. The van der Waals surface area contributed by atoms with Gasteiger partial charge in [-0.25, -0.2) is 8.42 Å². The van der Waals surface area contributed by atoms with Gasteiger partial charge in [0.05, 0.1) is 23.1 Å². The van der Waals surface area contributed by atoms with Crippen molar-refractivity contribution in [2.45, 2.75) is 25.4 Å². The average molecular weight is 395 g/mol. The molecule has 24 heavy (non-hydrogen) atoms. The highest BCUT2D eigenvalue weighted by atomic mass is 35.5. The highest BCUT2D eigenvalue weighted by Gasteiger charge is 2.22. The van der Waals surface area contributed by atoms with Crippen LogP contribution in [0.1, 0.15) is 19.3 Å². The number of hydrogen-bond donors (Lipinski definition) is 1. The van der Waals surface area contributed by atoms with Crippen LogP contribution >= 0.6 is 23.2 Å². The minimum atomic E-state index is -3.60. The summed E-state index contributed by atoms with van der Waals surface area (Å²) in [7, 11) is -3.60. The molecule has 1 N–H and O–H groups in total. The van der Waals surface area contributed by atoms with E-state index in [9.17, 15) is 13.2 Å². The molecule has 1 aliphatic heterocycles. The molecule has 1 aromatic rings. The maximum atomic E-state index is 12.0. The largest absolute Gasteiger partial charge is 0.376 e. The second kappa shape index (κ2) is 8.38. The molecule has 9 heteroatoms. The van der Waals surface area contributed by atoms with Gasteiger partial charge in [-0.1, -0.05) is 23.2 Å². The Morgan fingerprint density at radius 3 is 2.79 bits per heavy atom. The molecule has 1 amide bonds. The fourth-order valence-electron chi connectivity index (χ4n) is 2.47. The number of carbonyl (C=O) groups excluding carboxylic acids is 1. The first-order chi connectivity index (χ1) is 11.3. The normalized spacial score (nSPS) is 17.7. The van der Waals surface area contributed by atoms with E-state index in [1.165, 1.54) is 12.1 Å². The molecule has 0 radical (unpaired) electrons. The second-order valence-corrected chi connectivity index (χ2v) is 8.37. The van der Waals surface area contributed by atoms with Gasteiger partial charge in [-0.15, -0.1) is 0 Å². The van der Waals surface area contributed by atoms with Gasteiger partial charge in [-0.3, -0.25) is 9.10 Å². The van der Waals surface area contributed by atoms with Gasteiger partial charge in [0.2, 0.25) is 15.9 Å². The number of rotatable bonds is 7. The van der Waals surface area contributed by atoms with Crippen LogP contribution in [0.2, 0.25) is 10.0 Å². The number of anilines is 1. The minimum absolute atomic E-state index is 0.0165. The molecule has 0 aromatic heterocycles. The van der Waals surface area contributed by atoms with E-state index in [0.717, 1.165) is 30.0 Å². The monoisotopic (exact) mass is 394 g/mol. The van der Waals surface area contributed by atoms with Crippen molar-refractivity contribution < 1.29 is 17.9 Å². The van der Waals surface area contributed by atoms with E-state index < -0.39 is 10.0 Å². The van der Waals surface area contributed by atoms with Crippen LogP contribution in [0.25, 0.3) is 0 Å². The van der Waals surface area contributed by atoms with Gasteiger partial charge < -0.3 is 10.1 Å². The van der Waals surface area contributed by atoms with Crippen molar-refractivity contribution in [1.82, 2.24) is 5.32 Å². The predicted molar refractivity (Wildman–Crippen MR) is 95.3 cm³/mol. The number of halogens is 2. The van der Waals surface area contributed by atoms with Crippen molar-refractivity contribution in [3.8, 4) is 0 Å². The van der Waals surface area contributed by atoms with Crippen LogP contribution in [0.4, 0.5) is 5.69 Å². The first-order valence-corrected chi connectivity index (χ1v) is 10.2. The standard InChI is InChI=1S/C15H20Cl2N2O4S/c1-24(21,22)19(14-9-11(16)4-5-13(14)17)7-6-15(20)18-10-12-3-2-8-23-12/h4-5,9,12H,2-3,6-8,10H2,1H3,(H,18,20). The summed E-state index contributed by atoms with van der Waals surface area (Å²) < 4.78 is 30.6. The summed E-state index contributed by atoms with van der Waals surface area (Å²) >= 11 is 12.0. The molecule has 1 aromatic carbocycles. The lowest BCUT2D eigenvalue weighted by Crippen LogP contribution is -2.37. The molecule has 0 bridgehead atoms. The predicted octanol–water partition coefficient (Wildman–Crippen LogP) is 2.44. The first kappa shape index (κ1) is 19.3. The summed E-state index contributed by atoms with van der Waals surface area (Å²) in [6, 6.07) is 4.56. The molecule has 0 aliphatic carbocycles. The van der Waals surface area contributed by atoms with Crippen molar-refractivity contribution >= 4 is 44.8 Å². The van der Waals surface area contributed by atoms with E-state index in [-0.39, 0.29) is 35.7 Å². The average Bonchev–Trinajstić information content (AvgIpc) is 3.01. The molecule has 1 fully saturated rings. The van der Waals surface area contributed by atoms with Crippen LogP contribution in [0.3, 0.4) is 0 Å². The third kappa shape index (κ3) is 5.51. The van der Waals surface area contributed by atoms with Gasteiger partial charge in [0.1, 0.15) is 0 Å². The van der Waals surface area contributed by atoms with Gasteiger partial charge in [0.25, 0.3) is 0 Å². The molecule has 1 unspecified atom stereocenters. The number of ether oxygens (including phenoxy) is 1. The van der Waals surface area contributed by atoms with Crippen LogP contribution in [-0.4, -0.2) is 46.4 Å². The minimum Gasteiger partial charge on any atom is -0.376 e. The van der Waals surface area contributed by atoms with Crippen molar-refractivity contribution in [3.05, 3.63) is 28.2 Å². The second-order valence-electron chi connectivity index (χ2n) is 5.62. The zero-order chi connectivity index (χ0) is 17.7. The fraction of sp³-hybridized carbons (Fsp3) is 0.533. The summed E-state index contributed by atoms with van der Waals surface area (Å²) in [5.41, 5.74) is 0.263. The highest BCUT2D eigenvalue weighted by Crippen LogP contribution is 2.30. The van der Waals surface area contributed by atoms with Crippen molar-refractivity contribution in [2.24, 2.45) is 0 Å². The summed E-state index contributed by atoms with van der Waals surface area (Å²) in [5, 5.41) is 3.39. The maximum Gasteiger partial charge on any atom is 0.232 e. The Kier molecular flexibility index (Phi) is 6.74. The molecule has 2 rings (SSSR count). The molecule has 134 valence electrons. The van der Waals surface area contributed by atoms with Crippen LogP contribution in [0, 0.1) is 0 Å². The number of hydrogen-bond acceptors (Lipinski definition) is 4. The van der Waals surface area contributed by atoms with Crippen molar-refractivity contribution in [3.63, 3.8) is 0 Å². The van der Waals surface area contributed by atoms with Crippen LogP contribution < -0.4 is 9.62 Å². The lowest BCUT2D eigenvalue weighted by molar-refractivity contribution is -0.121. The number of carbonyl (C=O) groups is 1. The molecule has 1 aliphatic rings. The summed E-state index contributed by atoms with van der Waals surface area (Å²) in [6.45, 7) is 1.14. The van der Waals surface area contributed by atoms with E-state index in [0.29, 0.717) is 11.6 Å². The fourth-order valence-corrected chi connectivity index (χ4v) is 3.83. The molecule has 0 spiro atoms. The number of amides is 1. The number of nitrogens with one attached hydrogen (secondary N) is 1. The van der Waals surface area contributed by atoms with Gasteiger partial charge >= 0.3 is 0 Å².